The largest absolute Gasteiger partial charge is 0.480 e. The number of carboxylic acid groups (broad SMARTS) is 1. The molecule has 0 aliphatic rings. The second-order valence-electron chi connectivity index (χ2n) is 13.1. The first-order valence-corrected chi connectivity index (χ1v) is 21.3. The zero-order chi connectivity index (χ0) is 39.3. The summed E-state index contributed by atoms with van der Waals surface area (Å²) < 4.78 is 32.5. The van der Waals surface area contributed by atoms with Crippen molar-refractivity contribution in [1.29, 1.82) is 0 Å². The van der Waals surface area contributed by atoms with Crippen molar-refractivity contribution in [2.45, 2.75) is 161 Å². The van der Waals surface area contributed by atoms with E-state index in [1.165, 1.54) is 38.5 Å². The molecule has 0 aromatic rings. The number of carbonyl (C=O) groups is 3. The quantitative estimate of drug-likeness (QED) is 0.0240. The van der Waals surface area contributed by atoms with Gasteiger partial charge < -0.3 is 25.2 Å². The average molecular weight is 768 g/mol. The van der Waals surface area contributed by atoms with E-state index in [1.54, 1.807) is 0 Å². The van der Waals surface area contributed by atoms with E-state index in [0.717, 1.165) is 64.2 Å². The number of rotatable bonds is 36. The topological polar surface area (TPSA) is 172 Å². The summed E-state index contributed by atoms with van der Waals surface area (Å²) in [6.45, 7) is 2.66. The lowest BCUT2D eigenvalue weighted by molar-refractivity contribution is -0.161. The zero-order valence-electron chi connectivity index (χ0n) is 32.6. The highest BCUT2D eigenvalue weighted by Gasteiger charge is 2.28. The van der Waals surface area contributed by atoms with Crippen LogP contribution in [0.2, 0.25) is 0 Å². The number of carboxylic acids is 1. The van der Waals surface area contributed by atoms with Crippen LogP contribution in [-0.4, -0.2) is 59.9 Å². The number of esters is 2. The minimum Gasteiger partial charge on any atom is -0.480 e. The summed E-state index contributed by atoms with van der Waals surface area (Å²) in [5.74, 6) is -2.47. The minimum absolute atomic E-state index is 0.0812. The number of phosphoric ester groups is 1. The average Bonchev–Trinajstić information content (AvgIpc) is 3.13. The van der Waals surface area contributed by atoms with E-state index in [2.05, 4.69) is 67.0 Å². The molecule has 12 heteroatoms. The molecule has 53 heavy (non-hydrogen) atoms. The maximum Gasteiger partial charge on any atom is 0.472 e. The predicted octanol–water partition coefficient (Wildman–Crippen LogP) is 10.00. The van der Waals surface area contributed by atoms with Crippen LogP contribution in [0.1, 0.15) is 149 Å². The molecule has 0 radical (unpaired) electrons. The normalized spacial score (nSPS) is 14.5. The number of hydrogen-bond donors (Lipinski definition) is 3. The minimum atomic E-state index is -4.73. The molecule has 304 valence electrons. The maximum absolute atomic E-state index is 12.6. The van der Waals surface area contributed by atoms with Gasteiger partial charge in [0.2, 0.25) is 0 Å². The van der Waals surface area contributed by atoms with Crippen molar-refractivity contribution < 1.29 is 47.5 Å². The van der Waals surface area contributed by atoms with Gasteiger partial charge in [0.05, 0.1) is 13.2 Å². The van der Waals surface area contributed by atoms with Crippen molar-refractivity contribution in [3.63, 3.8) is 0 Å². The van der Waals surface area contributed by atoms with Crippen molar-refractivity contribution in [1.82, 2.24) is 0 Å². The molecule has 0 heterocycles. The fraction of sp³-hybridized carbons (Fsp3) is 0.683. The standard InChI is InChI=1S/C41H70NO10P/c1-3-5-7-9-11-13-15-17-18-19-20-21-23-25-27-29-31-33-40(44)52-37(35-50-53(47,48)51-36-38(42)41(45)46)34-49-39(43)32-30-28-26-24-22-16-14-12-10-8-6-4-2/h11-14,17-18,20-21,25,27,37-38H,3-10,15-16,19,22-24,26,28-36,42H2,1-2H3,(H,45,46)(H,47,48)/b13-11+,14-12+,18-17+,21-20+,27-25+/t37-,38+/m1/s1. The molecule has 0 aromatic carbocycles. The molecule has 0 rings (SSSR count). The third-order valence-electron chi connectivity index (χ3n) is 7.99. The van der Waals surface area contributed by atoms with Gasteiger partial charge in [-0.1, -0.05) is 120 Å². The number of ether oxygens (including phenoxy) is 2. The van der Waals surface area contributed by atoms with Gasteiger partial charge in [0, 0.05) is 12.8 Å². The molecule has 0 aliphatic heterocycles. The Morgan fingerprint density at radius 3 is 1.57 bits per heavy atom. The van der Waals surface area contributed by atoms with Crippen LogP contribution >= 0.6 is 7.82 Å². The molecule has 11 nitrogen and oxygen atoms in total. The summed E-state index contributed by atoms with van der Waals surface area (Å²) in [6, 6.07) is -1.53. The van der Waals surface area contributed by atoms with E-state index >= 15 is 0 Å². The summed E-state index contributed by atoms with van der Waals surface area (Å²) in [4.78, 5) is 45.8. The first kappa shape index (κ1) is 50.2. The highest BCUT2D eigenvalue weighted by Crippen LogP contribution is 2.43. The monoisotopic (exact) mass is 767 g/mol. The van der Waals surface area contributed by atoms with E-state index < -0.39 is 51.1 Å². The van der Waals surface area contributed by atoms with Crippen LogP contribution < -0.4 is 5.73 Å². The Morgan fingerprint density at radius 2 is 1.02 bits per heavy atom. The highest BCUT2D eigenvalue weighted by atomic mass is 31.2. The second-order valence-corrected chi connectivity index (χ2v) is 14.5. The number of aliphatic carboxylic acids is 1. The number of unbranched alkanes of at least 4 members (excludes halogenated alkanes) is 12. The Morgan fingerprint density at radius 1 is 0.585 bits per heavy atom. The molecule has 0 bridgehead atoms. The molecule has 0 aromatic heterocycles. The Kier molecular flexibility index (Phi) is 34.2. The number of phosphoric acid groups is 1. The molecular weight excluding hydrogens is 697 g/mol. The summed E-state index contributed by atoms with van der Waals surface area (Å²) in [5, 5.41) is 8.86. The van der Waals surface area contributed by atoms with Gasteiger partial charge in [-0.2, -0.15) is 0 Å². The van der Waals surface area contributed by atoms with Crippen LogP contribution in [0.5, 0.6) is 0 Å². The lowest BCUT2D eigenvalue weighted by atomic mass is 10.1. The van der Waals surface area contributed by atoms with Crippen LogP contribution in [0, 0.1) is 0 Å². The molecule has 0 fully saturated rings. The maximum atomic E-state index is 12.6. The van der Waals surface area contributed by atoms with E-state index in [0.29, 0.717) is 19.3 Å². The third-order valence-corrected chi connectivity index (χ3v) is 8.94. The zero-order valence-corrected chi connectivity index (χ0v) is 33.5. The molecule has 0 saturated heterocycles. The molecule has 0 spiro atoms. The second kappa shape index (κ2) is 36.2. The Hall–Kier alpha value is -2.82. The van der Waals surface area contributed by atoms with E-state index in [9.17, 15) is 23.8 Å². The first-order valence-electron chi connectivity index (χ1n) is 19.8. The van der Waals surface area contributed by atoms with Crippen LogP contribution in [0.3, 0.4) is 0 Å². The first-order chi connectivity index (χ1) is 25.6. The lowest BCUT2D eigenvalue weighted by Gasteiger charge is -2.20. The van der Waals surface area contributed by atoms with Gasteiger partial charge in [-0.25, -0.2) is 4.57 Å². The van der Waals surface area contributed by atoms with Gasteiger partial charge in [-0.05, 0) is 77.0 Å². The van der Waals surface area contributed by atoms with Crippen molar-refractivity contribution >= 4 is 25.7 Å². The molecule has 4 N–H and O–H groups in total. The smallest absolute Gasteiger partial charge is 0.472 e. The van der Waals surface area contributed by atoms with E-state index in [1.807, 2.05) is 12.2 Å². The summed E-state index contributed by atoms with van der Waals surface area (Å²) >= 11 is 0. The molecule has 0 aliphatic carbocycles. The molecule has 0 amide bonds. The number of hydrogen-bond acceptors (Lipinski definition) is 9. The van der Waals surface area contributed by atoms with Crippen molar-refractivity contribution in [3.05, 3.63) is 60.8 Å². The molecule has 1 unspecified atom stereocenters. The van der Waals surface area contributed by atoms with Crippen molar-refractivity contribution in [3.8, 4) is 0 Å². The van der Waals surface area contributed by atoms with Crippen LogP contribution in [0.25, 0.3) is 0 Å². The SMILES string of the molecule is CCCCC/C=C/C/C=C/C/C=C/C/C=C/CCCC(=O)O[C@H](COC(=O)CCCCCCC/C=C/CCCCC)COP(=O)(O)OC[C@H](N)C(=O)O. The van der Waals surface area contributed by atoms with Crippen LogP contribution in [0.15, 0.2) is 60.8 Å². The predicted molar refractivity (Wildman–Crippen MR) is 212 cm³/mol. The van der Waals surface area contributed by atoms with Gasteiger partial charge in [0.25, 0.3) is 0 Å². The van der Waals surface area contributed by atoms with Gasteiger partial charge in [-0.3, -0.25) is 23.4 Å². The summed E-state index contributed by atoms with van der Waals surface area (Å²) in [7, 11) is -4.73. The van der Waals surface area contributed by atoms with Gasteiger partial charge in [0.1, 0.15) is 12.6 Å². The number of carbonyl (C=O) groups excluding carboxylic acids is 2. The van der Waals surface area contributed by atoms with E-state index in [-0.39, 0.29) is 19.4 Å². The fourth-order valence-electron chi connectivity index (χ4n) is 4.81. The number of nitrogens with two attached hydrogens (primary N) is 1. The third kappa shape index (κ3) is 36.0. The molecule has 0 saturated carbocycles. The Labute approximate surface area is 319 Å². The van der Waals surface area contributed by atoms with Crippen LogP contribution in [-0.2, 0) is 37.5 Å². The fourth-order valence-corrected chi connectivity index (χ4v) is 5.59. The Bertz CT molecular complexity index is 1130. The highest BCUT2D eigenvalue weighted by molar-refractivity contribution is 7.47. The number of allylic oxidation sites excluding steroid dienone is 10. The summed E-state index contributed by atoms with van der Waals surface area (Å²) in [6.07, 6.45) is 40.1. The van der Waals surface area contributed by atoms with Crippen LogP contribution in [0.4, 0.5) is 0 Å². The van der Waals surface area contributed by atoms with Gasteiger partial charge >= 0.3 is 25.7 Å². The molecular formula is C41H70NO10P. The summed E-state index contributed by atoms with van der Waals surface area (Å²) in [5.41, 5.74) is 5.31. The van der Waals surface area contributed by atoms with Crippen molar-refractivity contribution in [2.24, 2.45) is 5.73 Å². The van der Waals surface area contributed by atoms with Gasteiger partial charge in [0.15, 0.2) is 6.10 Å². The Balaban J connectivity index is 4.55. The van der Waals surface area contributed by atoms with Crippen molar-refractivity contribution in [2.75, 3.05) is 19.8 Å². The molecule has 3 atom stereocenters. The van der Waals surface area contributed by atoms with Gasteiger partial charge in [-0.15, -0.1) is 0 Å². The van der Waals surface area contributed by atoms with E-state index in [4.69, 9.17) is 24.8 Å². The lowest BCUT2D eigenvalue weighted by Crippen LogP contribution is -2.34.